The molecular weight excluding hydrogens is 364 g/mol. The van der Waals surface area contributed by atoms with Gasteiger partial charge in [0.25, 0.3) is 5.91 Å². The van der Waals surface area contributed by atoms with Gasteiger partial charge >= 0.3 is 0 Å². The third-order valence-electron chi connectivity index (χ3n) is 4.99. The third-order valence-corrected chi connectivity index (χ3v) is 4.99. The van der Waals surface area contributed by atoms with Gasteiger partial charge in [-0.25, -0.2) is 0 Å². The minimum absolute atomic E-state index is 0.0599. The van der Waals surface area contributed by atoms with Gasteiger partial charge in [-0.05, 0) is 51.8 Å². The van der Waals surface area contributed by atoms with Crippen molar-refractivity contribution in [2.24, 2.45) is 0 Å². The number of benzene rings is 2. The zero-order valence-corrected chi connectivity index (χ0v) is 18.1. The second-order valence-electron chi connectivity index (χ2n) is 7.61. The molecule has 0 saturated heterocycles. The molecule has 0 radical (unpaired) electrons. The summed E-state index contributed by atoms with van der Waals surface area (Å²) >= 11 is 0. The van der Waals surface area contributed by atoms with E-state index in [1.54, 1.807) is 11.8 Å². The zero-order valence-electron chi connectivity index (χ0n) is 18.1. The fourth-order valence-electron chi connectivity index (χ4n) is 2.92. The normalized spacial score (nSPS) is 12.7. The molecule has 2 aromatic rings. The zero-order chi connectivity index (χ0) is 21.4. The van der Waals surface area contributed by atoms with Crippen LogP contribution in [0.2, 0.25) is 0 Å². The summed E-state index contributed by atoms with van der Waals surface area (Å²) in [5, 5.41) is 2.97. The first-order valence-corrected chi connectivity index (χ1v) is 10.1. The van der Waals surface area contributed by atoms with Crippen molar-refractivity contribution in [2.45, 2.75) is 59.7 Å². The van der Waals surface area contributed by atoms with Gasteiger partial charge in [0.15, 0.2) is 6.61 Å². The molecule has 1 N–H and O–H groups in total. The molecule has 0 aliphatic heterocycles. The Labute approximate surface area is 174 Å². The Bertz CT molecular complexity index is 817. The Kier molecular flexibility index (Phi) is 8.25. The van der Waals surface area contributed by atoms with E-state index in [9.17, 15) is 9.59 Å². The van der Waals surface area contributed by atoms with Gasteiger partial charge < -0.3 is 15.0 Å². The largest absolute Gasteiger partial charge is 0.484 e. The molecule has 5 heteroatoms. The fourth-order valence-corrected chi connectivity index (χ4v) is 2.92. The van der Waals surface area contributed by atoms with Crippen LogP contribution in [0.25, 0.3) is 0 Å². The lowest BCUT2D eigenvalue weighted by Gasteiger charge is -2.29. The predicted octanol–water partition coefficient (Wildman–Crippen LogP) is 4.01. The van der Waals surface area contributed by atoms with Gasteiger partial charge in [0, 0.05) is 12.6 Å². The standard InChI is InChI=1S/C24H32N2O3/c1-6-19(4)25-24(28)20(5)26(15-21-9-7-8-18(3)14-21)23(27)16-29-22-12-10-17(2)11-13-22/h7-14,19-20H,6,15-16H2,1-5H3,(H,25,28)/t19-,20+/m0/s1. The molecule has 0 bridgehead atoms. The highest BCUT2D eigenvalue weighted by molar-refractivity contribution is 5.88. The number of rotatable bonds is 9. The number of amides is 2. The molecule has 2 aromatic carbocycles. The summed E-state index contributed by atoms with van der Waals surface area (Å²) in [4.78, 5) is 27.3. The summed E-state index contributed by atoms with van der Waals surface area (Å²) in [6.07, 6.45) is 0.834. The van der Waals surface area contributed by atoms with E-state index in [-0.39, 0.29) is 24.5 Å². The molecule has 2 atom stereocenters. The molecule has 0 saturated carbocycles. The van der Waals surface area contributed by atoms with Gasteiger partial charge in [0.05, 0.1) is 0 Å². The predicted molar refractivity (Wildman–Crippen MR) is 116 cm³/mol. The number of ether oxygens (including phenoxy) is 1. The minimum Gasteiger partial charge on any atom is -0.484 e. The summed E-state index contributed by atoms with van der Waals surface area (Å²) < 4.78 is 5.67. The summed E-state index contributed by atoms with van der Waals surface area (Å²) in [7, 11) is 0. The lowest BCUT2D eigenvalue weighted by molar-refractivity contribution is -0.142. The molecular formula is C24H32N2O3. The Morgan fingerprint density at radius 1 is 1.03 bits per heavy atom. The molecule has 0 aromatic heterocycles. The van der Waals surface area contributed by atoms with Crippen LogP contribution in [0.15, 0.2) is 48.5 Å². The Balaban J connectivity index is 2.14. The van der Waals surface area contributed by atoms with Crippen LogP contribution in [0.3, 0.4) is 0 Å². The van der Waals surface area contributed by atoms with Crippen LogP contribution in [0.1, 0.15) is 43.9 Å². The second-order valence-corrected chi connectivity index (χ2v) is 7.61. The van der Waals surface area contributed by atoms with Crippen LogP contribution in [0.5, 0.6) is 5.75 Å². The highest BCUT2D eigenvalue weighted by Crippen LogP contribution is 2.14. The summed E-state index contributed by atoms with van der Waals surface area (Å²) in [6.45, 7) is 9.98. The van der Waals surface area contributed by atoms with E-state index in [0.717, 1.165) is 23.1 Å². The van der Waals surface area contributed by atoms with Gasteiger partial charge in [-0.3, -0.25) is 9.59 Å². The molecule has 0 aliphatic carbocycles. The van der Waals surface area contributed by atoms with Crippen LogP contribution in [0, 0.1) is 13.8 Å². The number of nitrogens with one attached hydrogen (secondary N) is 1. The number of hydrogen-bond donors (Lipinski definition) is 1. The first kappa shape index (κ1) is 22.5. The molecule has 156 valence electrons. The second kappa shape index (κ2) is 10.6. The first-order valence-electron chi connectivity index (χ1n) is 10.1. The van der Waals surface area contributed by atoms with Crippen molar-refractivity contribution in [1.29, 1.82) is 0 Å². The van der Waals surface area contributed by atoms with Gasteiger partial charge in [-0.1, -0.05) is 54.4 Å². The van der Waals surface area contributed by atoms with Gasteiger partial charge in [-0.15, -0.1) is 0 Å². The molecule has 0 heterocycles. The Morgan fingerprint density at radius 2 is 1.72 bits per heavy atom. The fraction of sp³-hybridized carbons (Fsp3) is 0.417. The maximum atomic E-state index is 13.0. The van der Waals surface area contributed by atoms with Crippen molar-refractivity contribution >= 4 is 11.8 Å². The van der Waals surface area contributed by atoms with Crippen molar-refractivity contribution in [3.05, 3.63) is 65.2 Å². The van der Waals surface area contributed by atoms with E-state index < -0.39 is 6.04 Å². The maximum Gasteiger partial charge on any atom is 0.261 e. The molecule has 0 unspecified atom stereocenters. The van der Waals surface area contributed by atoms with Crippen molar-refractivity contribution in [2.75, 3.05) is 6.61 Å². The molecule has 0 spiro atoms. The van der Waals surface area contributed by atoms with Gasteiger partial charge in [0.1, 0.15) is 11.8 Å². The quantitative estimate of drug-likeness (QED) is 0.697. The van der Waals surface area contributed by atoms with Crippen molar-refractivity contribution in [3.63, 3.8) is 0 Å². The number of carbonyl (C=O) groups is 2. The van der Waals surface area contributed by atoms with E-state index in [4.69, 9.17) is 4.74 Å². The smallest absolute Gasteiger partial charge is 0.261 e. The summed E-state index contributed by atoms with van der Waals surface area (Å²) in [5.41, 5.74) is 3.22. The van der Waals surface area contributed by atoms with Crippen LogP contribution in [0.4, 0.5) is 0 Å². The van der Waals surface area contributed by atoms with E-state index in [2.05, 4.69) is 5.32 Å². The monoisotopic (exact) mass is 396 g/mol. The van der Waals surface area contributed by atoms with Crippen LogP contribution < -0.4 is 10.1 Å². The topological polar surface area (TPSA) is 58.6 Å². The molecule has 2 amide bonds. The van der Waals surface area contributed by atoms with E-state index in [1.165, 1.54) is 0 Å². The maximum absolute atomic E-state index is 13.0. The average molecular weight is 397 g/mol. The molecule has 2 rings (SSSR count). The van der Waals surface area contributed by atoms with E-state index in [1.807, 2.05) is 76.2 Å². The molecule has 0 aliphatic rings. The van der Waals surface area contributed by atoms with Crippen LogP contribution in [-0.4, -0.2) is 35.4 Å². The van der Waals surface area contributed by atoms with Crippen molar-refractivity contribution in [3.8, 4) is 5.75 Å². The average Bonchev–Trinajstić information content (AvgIpc) is 2.70. The van der Waals surface area contributed by atoms with Crippen molar-refractivity contribution < 1.29 is 14.3 Å². The Morgan fingerprint density at radius 3 is 2.34 bits per heavy atom. The highest BCUT2D eigenvalue weighted by Gasteiger charge is 2.27. The van der Waals surface area contributed by atoms with Crippen LogP contribution >= 0.6 is 0 Å². The summed E-state index contributed by atoms with van der Waals surface area (Å²) in [6, 6.07) is 15.0. The molecule has 29 heavy (non-hydrogen) atoms. The van der Waals surface area contributed by atoms with Gasteiger partial charge in [-0.2, -0.15) is 0 Å². The lowest BCUT2D eigenvalue weighted by atomic mass is 10.1. The third kappa shape index (κ3) is 6.93. The molecule has 5 nitrogen and oxygen atoms in total. The number of carbonyl (C=O) groups excluding carboxylic acids is 2. The SMILES string of the molecule is CC[C@H](C)NC(=O)[C@@H](C)N(Cc1cccc(C)c1)C(=O)COc1ccc(C)cc1. The number of hydrogen-bond acceptors (Lipinski definition) is 3. The van der Waals surface area contributed by atoms with E-state index >= 15 is 0 Å². The number of nitrogens with zero attached hydrogens (tertiary/aromatic N) is 1. The van der Waals surface area contributed by atoms with Crippen LogP contribution in [-0.2, 0) is 16.1 Å². The van der Waals surface area contributed by atoms with Crippen molar-refractivity contribution in [1.82, 2.24) is 10.2 Å². The van der Waals surface area contributed by atoms with E-state index in [0.29, 0.717) is 12.3 Å². The molecule has 0 fully saturated rings. The lowest BCUT2D eigenvalue weighted by Crippen LogP contribution is -2.50. The number of aryl methyl sites for hydroxylation is 2. The first-order chi connectivity index (χ1) is 13.8. The van der Waals surface area contributed by atoms with Gasteiger partial charge in [0.2, 0.25) is 5.91 Å². The summed E-state index contributed by atoms with van der Waals surface area (Å²) in [5.74, 6) is 0.255. The highest BCUT2D eigenvalue weighted by atomic mass is 16.5. The minimum atomic E-state index is -0.598. The Hall–Kier alpha value is -2.82.